The minimum Gasteiger partial charge on any atom is -0.390 e. The van der Waals surface area contributed by atoms with Crippen molar-refractivity contribution in [3.8, 4) is 0 Å². The summed E-state index contributed by atoms with van der Waals surface area (Å²) in [5, 5.41) is 15.3. The van der Waals surface area contributed by atoms with E-state index in [1.807, 2.05) is 55.4 Å². The summed E-state index contributed by atoms with van der Waals surface area (Å²) in [6.45, 7) is 27.8. The number of nitrogens with one attached hydrogen (secondary N) is 4. The van der Waals surface area contributed by atoms with Crippen molar-refractivity contribution in [2.45, 2.75) is 217 Å². The number of rotatable bonds is 15. The second-order valence-corrected chi connectivity index (χ2v) is 29.2. The molecule has 0 spiro atoms. The zero-order valence-electron chi connectivity index (χ0n) is 59.8. The fourth-order valence-corrected chi connectivity index (χ4v) is 12.7. The van der Waals surface area contributed by atoms with E-state index in [0.717, 1.165) is 9.80 Å². The summed E-state index contributed by atoms with van der Waals surface area (Å²) < 4.78 is 0.0290. The van der Waals surface area contributed by atoms with E-state index in [0.29, 0.717) is 0 Å². The minimum atomic E-state index is -1.67. The van der Waals surface area contributed by atoms with Crippen LogP contribution in [0.5, 0.6) is 0 Å². The Morgan fingerprint density at radius 2 is 0.978 bits per heavy atom. The maximum atomic E-state index is 15.4. The Bertz CT molecular complexity index is 3100. The zero-order chi connectivity index (χ0) is 71.3. The van der Waals surface area contributed by atoms with Crippen LogP contribution in [0.25, 0.3) is 11.2 Å². The van der Waals surface area contributed by atoms with Gasteiger partial charge in [-0.15, -0.1) is 0 Å². The lowest BCUT2D eigenvalue weighted by Crippen LogP contribution is -2.62. The van der Waals surface area contributed by atoms with E-state index in [1.165, 1.54) is 80.8 Å². The molecule has 0 unspecified atom stereocenters. The first-order valence-corrected chi connectivity index (χ1v) is 33.5. The number of nitrogens with zero attached hydrogens (tertiary/aromatic N) is 8. The Hall–Kier alpha value is -6.70. The van der Waals surface area contributed by atoms with Crippen LogP contribution in [0, 0.1) is 64.0 Å². The number of aromatic amines is 3. The summed E-state index contributed by atoms with van der Waals surface area (Å²) >= 11 is 5.15. The topological polar surface area (TPSA) is 320 Å². The molecule has 93 heavy (non-hydrogen) atoms. The Morgan fingerprint density at radius 1 is 0.516 bits per heavy atom. The number of aliphatic hydroxyl groups is 1. The van der Waals surface area contributed by atoms with Crippen molar-refractivity contribution in [3.05, 3.63) is 20.9 Å². The maximum Gasteiger partial charge on any atom is 0.277 e. The number of aliphatic hydroxyl groups excluding tert-OH is 1. The standard InChI is InChI=1S/C67H112N12O13S/c1-24-43-31-51(82)56(57(84)40(14)30-52-69-54-58(70-52)71-67(93)72-60(54)86)79(23)66(92)55(39(12)13)78(22)65(91)48(28-37(8)9)77(21)64(90)47(27-36(6)7)76(20)61(87)42(16)68-59(85)41(15)29-49(80)46(26-35(4)5)75(19)63(89)44(38(10)11)32-50(81)45(25-34(2)3)74(18)53(83)33-73(17)62(43)88/h34-48,55-57,84H,24-33H2,1-23H3,(H,68,85)(H3,69,70,71,72,86,93)/t40-,41-,42-,43-,44+,45+,46+,47+,48+,55+,56-,57-/m1/s1. The molecule has 1 aliphatic heterocycles. The summed E-state index contributed by atoms with van der Waals surface area (Å²) in [5.74, 6) is -11.7. The van der Waals surface area contributed by atoms with Crippen molar-refractivity contribution < 1.29 is 57.8 Å². The van der Waals surface area contributed by atoms with Gasteiger partial charge in [0.25, 0.3) is 5.56 Å². The van der Waals surface area contributed by atoms with Gasteiger partial charge in [-0.05, 0) is 92.7 Å². The van der Waals surface area contributed by atoms with Gasteiger partial charge >= 0.3 is 0 Å². The molecule has 2 aromatic rings. The molecule has 1 fully saturated rings. The van der Waals surface area contributed by atoms with Crippen LogP contribution < -0.4 is 10.9 Å². The molecule has 2 aromatic heterocycles. The zero-order valence-corrected chi connectivity index (χ0v) is 60.6. The van der Waals surface area contributed by atoms with Crippen molar-refractivity contribution in [1.29, 1.82) is 0 Å². The van der Waals surface area contributed by atoms with Crippen molar-refractivity contribution >= 4 is 88.0 Å². The number of aromatic nitrogens is 4. The van der Waals surface area contributed by atoms with Gasteiger partial charge in [-0.1, -0.05) is 104 Å². The Labute approximate surface area is 556 Å². The third-order valence-electron chi connectivity index (χ3n) is 18.3. The fraction of sp³-hybridized carbons (Fsp3) is 0.761. The maximum absolute atomic E-state index is 15.4. The first kappa shape index (κ1) is 80.5. The van der Waals surface area contributed by atoms with Gasteiger partial charge in [0.05, 0.1) is 24.7 Å². The van der Waals surface area contributed by atoms with Crippen LogP contribution in [0.15, 0.2) is 4.79 Å². The number of amides is 8. The molecule has 524 valence electrons. The van der Waals surface area contributed by atoms with Gasteiger partial charge < -0.3 is 54.7 Å². The fourth-order valence-electron chi connectivity index (χ4n) is 12.5. The number of Topliss-reactive ketones (excluding diaryl/α,β-unsaturated/α-hetero) is 3. The summed E-state index contributed by atoms with van der Waals surface area (Å²) in [5.41, 5.74) is -0.312. The molecule has 12 atom stereocenters. The van der Waals surface area contributed by atoms with Gasteiger partial charge in [-0.2, -0.15) is 0 Å². The Balaban J connectivity index is 2.33. The second kappa shape index (κ2) is 35.2. The highest BCUT2D eigenvalue weighted by atomic mass is 32.1. The van der Waals surface area contributed by atoms with E-state index in [9.17, 15) is 43.5 Å². The first-order chi connectivity index (χ1) is 43.0. The third kappa shape index (κ3) is 21.1. The first-order valence-electron chi connectivity index (χ1n) is 33.1. The molecule has 5 N–H and O–H groups in total. The second-order valence-electron chi connectivity index (χ2n) is 28.7. The number of ketones is 3. The normalized spacial score (nSPS) is 25.8. The molecule has 0 saturated carbocycles. The Kier molecular flexibility index (Phi) is 30.4. The van der Waals surface area contributed by atoms with Crippen molar-refractivity contribution in [3.63, 3.8) is 0 Å². The molecule has 0 radical (unpaired) electrons. The molecule has 25 nitrogen and oxygen atoms in total. The van der Waals surface area contributed by atoms with Gasteiger partial charge in [-0.3, -0.25) is 62.5 Å². The van der Waals surface area contributed by atoms with Gasteiger partial charge in [0.15, 0.2) is 27.8 Å². The van der Waals surface area contributed by atoms with Gasteiger partial charge in [-0.25, -0.2) is 4.98 Å². The van der Waals surface area contributed by atoms with Crippen LogP contribution in [-0.4, -0.2) is 228 Å². The Morgan fingerprint density at radius 3 is 1.47 bits per heavy atom. The van der Waals surface area contributed by atoms with E-state index < -0.39 is 167 Å². The van der Waals surface area contributed by atoms with Gasteiger partial charge in [0.2, 0.25) is 47.3 Å². The highest BCUT2D eigenvalue weighted by Crippen LogP contribution is 2.29. The average Bonchev–Trinajstić information content (AvgIpc) is 1.71. The van der Waals surface area contributed by atoms with Gasteiger partial charge in [0.1, 0.15) is 41.6 Å². The molecule has 26 heteroatoms. The summed E-state index contributed by atoms with van der Waals surface area (Å²) in [6, 6.07) is -8.57. The van der Waals surface area contributed by atoms with E-state index in [2.05, 4.69) is 25.3 Å². The minimum absolute atomic E-state index is 0.0290. The highest BCUT2D eigenvalue weighted by molar-refractivity contribution is 7.71. The smallest absolute Gasteiger partial charge is 0.277 e. The molecule has 8 amide bonds. The van der Waals surface area contributed by atoms with Crippen molar-refractivity contribution in [2.75, 3.05) is 55.9 Å². The summed E-state index contributed by atoms with van der Waals surface area (Å²) in [6.07, 6.45) is -2.05. The predicted molar refractivity (Wildman–Crippen MR) is 358 cm³/mol. The molecule has 0 aromatic carbocycles. The van der Waals surface area contributed by atoms with E-state index >= 15 is 19.2 Å². The number of imidazole rings is 1. The largest absolute Gasteiger partial charge is 0.390 e. The van der Waals surface area contributed by atoms with Crippen LogP contribution in [0.3, 0.4) is 0 Å². The monoisotopic (exact) mass is 1320 g/mol. The summed E-state index contributed by atoms with van der Waals surface area (Å²) in [7, 11) is 10.0. The highest BCUT2D eigenvalue weighted by Gasteiger charge is 2.46. The molecule has 0 aliphatic carbocycles. The van der Waals surface area contributed by atoms with Crippen molar-refractivity contribution in [2.24, 2.45) is 59.2 Å². The third-order valence-corrected chi connectivity index (χ3v) is 18.5. The number of hydrogen-bond donors (Lipinski definition) is 5. The number of carbonyl (C=O) groups is 11. The van der Waals surface area contributed by atoms with Crippen LogP contribution in [0.1, 0.15) is 168 Å². The van der Waals surface area contributed by atoms with E-state index in [4.69, 9.17) is 12.2 Å². The quantitative estimate of drug-likeness (QED) is 0.139. The molecule has 0 bridgehead atoms. The molecule has 3 heterocycles. The molecule has 1 aliphatic rings. The molecular formula is C67H112N12O13S. The number of carbonyl (C=O) groups excluding carboxylic acids is 11. The molecule has 3 rings (SSSR count). The predicted octanol–water partition coefficient (Wildman–Crippen LogP) is 5.44. The van der Waals surface area contributed by atoms with E-state index in [1.54, 1.807) is 48.5 Å². The summed E-state index contributed by atoms with van der Waals surface area (Å²) in [4.78, 5) is 197. The van der Waals surface area contributed by atoms with E-state index in [-0.39, 0.29) is 96.8 Å². The lowest BCUT2D eigenvalue weighted by Gasteiger charge is -2.41. The van der Waals surface area contributed by atoms with Gasteiger partial charge in [0, 0.05) is 92.8 Å². The lowest BCUT2D eigenvalue weighted by atomic mass is 9.84. The molecule has 1 saturated heterocycles. The molecular weight excluding hydrogens is 1210 g/mol. The number of likely N-dealkylation sites (N-methyl/N-ethyl adjacent to an activating group) is 7. The van der Waals surface area contributed by atoms with Crippen LogP contribution in [-0.2, 0) is 59.2 Å². The SMILES string of the molecule is CC[C@@H]1CC(=O)[C@H]([C@H](O)[C@H](C)Cc2nc3[nH]c(=S)[nH]c(=O)c3[nH]2)N(C)C(=O)[C@H](C(C)C)N(C)C(=O)[C@H](CC(C)C)N(C)C(=O)[C@H](CC(C)C)N(C)C(=O)[C@@H](C)NC(=O)[C@H](C)CC(=O)[C@H](CC(C)C)N(C)C(=O)[C@H](C(C)C)CC(=O)[C@H](CC(C)C)N(C)C(=O)CN(C)C1=O. The average molecular weight is 1330 g/mol. The van der Waals surface area contributed by atoms with Crippen LogP contribution >= 0.6 is 12.2 Å². The van der Waals surface area contributed by atoms with Crippen molar-refractivity contribution in [1.82, 2.24) is 59.6 Å². The van der Waals surface area contributed by atoms with Crippen LogP contribution in [0.2, 0.25) is 0 Å². The number of hydrogen-bond acceptors (Lipinski definition) is 15. The number of fused-ring (bicyclic) bond motifs is 1. The number of H-pyrrole nitrogens is 3. The lowest BCUT2D eigenvalue weighted by molar-refractivity contribution is -0.157. The van der Waals surface area contributed by atoms with Crippen LogP contribution in [0.4, 0.5) is 0 Å².